The third-order valence-corrected chi connectivity index (χ3v) is 3.75. The zero-order chi connectivity index (χ0) is 14.0. The van der Waals surface area contributed by atoms with E-state index in [9.17, 15) is 5.11 Å². The minimum absolute atomic E-state index is 0.0475. The highest BCUT2D eigenvalue weighted by atomic mass is 16.3. The molecule has 104 valence electrons. The zero-order valence-electron chi connectivity index (χ0n) is 12.3. The maximum Gasteiger partial charge on any atom is 0.192 e. The van der Waals surface area contributed by atoms with Crippen LogP contribution >= 0.6 is 0 Å². The maximum absolute atomic E-state index is 10.2. The maximum atomic E-state index is 10.2. The first-order valence-corrected chi connectivity index (χ1v) is 7.04. The van der Waals surface area contributed by atoms with Crippen molar-refractivity contribution in [1.29, 1.82) is 0 Å². The van der Waals surface area contributed by atoms with E-state index in [-0.39, 0.29) is 5.41 Å². The predicted molar refractivity (Wildman–Crippen MR) is 77.6 cm³/mol. The number of aryl methyl sites for hydroxylation is 1. The van der Waals surface area contributed by atoms with Gasteiger partial charge in [-0.3, -0.25) is 0 Å². The Bertz CT molecular complexity index is 569. The highest BCUT2D eigenvalue weighted by Crippen LogP contribution is 2.37. The van der Waals surface area contributed by atoms with Crippen molar-refractivity contribution in [2.24, 2.45) is 0 Å². The zero-order valence-corrected chi connectivity index (χ0v) is 12.3. The molecule has 3 heteroatoms. The molecule has 0 radical (unpaired) electrons. The summed E-state index contributed by atoms with van der Waals surface area (Å²) in [5.74, 6) is 0.956. The van der Waals surface area contributed by atoms with E-state index in [0.29, 0.717) is 11.6 Å². The first kappa shape index (κ1) is 13.9. The average molecular weight is 261 g/mol. The Labute approximate surface area is 114 Å². The van der Waals surface area contributed by atoms with Gasteiger partial charge in [0, 0.05) is 18.6 Å². The highest BCUT2D eigenvalue weighted by Gasteiger charge is 2.24. The number of oxazole rings is 1. The van der Waals surface area contributed by atoms with E-state index in [2.05, 4.69) is 25.8 Å². The van der Waals surface area contributed by atoms with E-state index < -0.39 is 0 Å². The Hall–Kier alpha value is -1.51. The van der Waals surface area contributed by atoms with Crippen LogP contribution in [0.5, 0.6) is 5.75 Å². The van der Waals surface area contributed by atoms with Gasteiger partial charge in [0.25, 0.3) is 0 Å². The lowest BCUT2D eigenvalue weighted by Gasteiger charge is -2.26. The van der Waals surface area contributed by atoms with E-state index in [1.54, 1.807) is 6.07 Å². The van der Waals surface area contributed by atoms with E-state index in [0.717, 1.165) is 23.1 Å². The number of rotatable bonds is 5. The fourth-order valence-corrected chi connectivity index (χ4v) is 2.57. The summed E-state index contributed by atoms with van der Waals surface area (Å²) in [4.78, 5) is 4.25. The summed E-state index contributed by atoms with van der Waals surface area (Å²) < 4.78 is 5.56. The van der Waals surface area contributed by atoms with Crippen molar-refractivity contribution in [2.75, 3.05) is 0 Å². The van der Waals surface area contributed by atoms with Crippen LogP contribution in [0.2, 0.25) is 0 Å². The normalized spacial score (nSPS) is 12.2. The molecule has 0 bridgehead atoms. The molecule has 0 amide bonds. The molecule has 0 fully saturated rings. The molecule has 0 saturated heterocycles. The predicted octanol–water partition coefficient (Wildman–Crippen LogP) is 4.70. The SMILES string of the molecule is CCCCCC(C)(C)c1cc2oc(C)nc2cc1O. The molecule has 2 rings (SSSR count). The van der Waals surface area contributed by atoms with Crippen LogP contribution in [0, 0.1) is 6.92 Å². The fraction of sp³-hybridized carbons (Fsp3) is 0.562. The van der Waals surface area contributed by atoms with Gasteiger partial charge >= 0.3 is 0 Å². The number of phenols is 1. The Morgan fingerprint density at radius 2 is 2.00 bits per heavy atom. The molecule has 0 aliphatic carbocycles. The van der Waals surface area contributed by atoms with Gasteiger partial charge in [-0.25, -0.2) is 4.98 Å². The number of aromatic nitrogens is 1. The second-order valence-electron chi connectivity index (χ2n) is 5.91. The molecular formula is C16H23NO2. The smallest absolute Gasteiger partial charge is 0.192 e. The van der Waals surface area contributed by atoms with E-state index in [4.69, 9.17) is 4.42 Å². The van der Waals surface area contributed by atoms with E-state index >= 15 is 0 Å². The molecule has 0 saturated carbocycles. The molecule has 1 aromatic heterocycles. The largest absolute Gasteiger partial charge is 0.508 e. The molecule has 0 unspecified atom stereocenters. The standard InChI is InChI=1S/C16H23NO2/c1-5-6-7-8-16(3,4)12-9-15-13(10-14(12)18)17-11(2)19-15/h9-10,18H,5-8H2,1-4H3. The molecular weight excluding hydrogens is 238 g/mol. The number of unbranched alkanes of at least 4 members (excludes halogenated alkanes) is 2. The van der Waals surface area contributed by atoms with Crippen molar-refractivity contribution < 1.29 is 9.52 Å². The van der Waals surface area contributed by atoms with E-state index in [1.165, 1.54) is 19.3 Å². The number of nitrogens with zero attached hydrogens (tertiary/aromatic N) is 1. The topological polar surface area (TPSA) is 46.3 Å². The van der Waals surface area contributed by atoms with Crippen LogP contribution in [0.1, 0.15) is 57.9 Å². The molecule has 1 aromatic carbocycles. The summed E-state index contributed by atoms with van der Waals surface area (Å²) >= 11 is 0. The number of hydrogen-bond acceptors (Lipinski definition) is 3. The number of hydrogen-bond donors (Lipinski definition) is 1. The number of benzene rings is 1. The number of fused-ring (bicyclic) bond motifs is 1. The summed E-state index contributed by atoms with van der Waals surface area (Å²) in [6, 6.07) is 3.65. The molecule has 0 aliphatic rings. The molecule has 3 nitrogen and oxygen atoms in total. The van der Waals surface area contributed by atoms with Gasteiger partial charge in [-0.05, 0) is 17.9 Å². The summed E-state index contributed by atoms with van der Waals surface area (Å²) in [5.41, 5.74) is 2.39. The van der Waals surface area contributed by atoms with Crippen molar-refractivity contribution in [1.82, 2.24) is 4.98 Å². The minimum atomic E-state index is -0.0475. The Morgan fingerprint density at radius 3 is 2.68 bits per heavy atom. The van der Waals surface area contributed by atoms with Gasteiger partial charge in [-0.2, -0.15) is 0 Å². The fourth-order valence-electron chi connectivity index (χ4n) is 2.57. The monoisotopic (exact) mass is 261 g/mol. The lowest BCUT2D eigenvalue weighted by Crippen LogP contribution is -2.17. The molecule has 2 aromatic rings. The molecule has 19 heavy (non-hydrogen) atoms. The summed E-state index contributed by atoms with van der Waals surface area (Å²) in [6.45, 7) is 8.37. The van der Waals surface area contributed by atoms with Crippen LogP contribution in [-0.2, 0) is 5.41 Å². The second kappa shape index (κ2) is 5.24. The number of phenolic OH excluding ortho intramolecular Hbond substituents is 1. The van der Waals surface area contributed by atoms with Crippen LogP contribution < -0.4 is 0 Å². The van der Waals surface area contributed by atoms with Crippen LogP contribution in [0.15, 0.2) is 16.5 Å². The van der Waals surface area contributed by atoms with Gasteiger partial charge in [0.15, 0.2) is 11.5 Å². The van der Waals surface area contributed by atoms with Crippen LogP contribution in [0.4, 0.5) is 0 Å². The Kier molecular flexibility index (Phi) is 3.83. The van der Waals surface area contributed by atoms with Crippen LogP contribution in [0.25, 0.3) is 11.1 Å². The van der Waals surface area contributed by atoms with Gasteiger partial charge in [0.05, 0.1) is 0 Å². The molecule has 0 spiro atoms. The van der Waals surface area contributed by atoms with Gasteiger partial charge < -0.3 is 9.52 Å². The third kappa shape index (κ3) is 2.91. The minimum Gasteiger partial charge on any atom is -0.508 e. The Morgan fingerprint density at radius 1 is 1.26 bits per heavy atom. The number of aromatic hydroxyl groups is 1. The van der Waals surface area contributed by atoms with Crippen molar-refractivity contribution in [3.8, 4) is 5.75 Å². The van der Waals surface area contributed by atoms with Gasteiger partial charge in [-0.1, -0.05) is 40.0 Å². The third-order valence-electron chi connectivity index (χ3n) is 3.75. The molecule has 0 aliphatic heterocycles. The van der Waals surface area contributed by atoms with Crippen molar-refractivity contribution in [3.63, 3.8) is 0 Å². The highest BCUT2D eigenvalue weighted by molar-refractivity contribution is 5.76. The van der Waals surface area contributed by atoms with Gasteiger partial charge in [0.1, 0.15) is 11.3 Å². The van der Waals surface area contributed by atoms with Gasteiger partial charge in [-0.15, -0.1) is 0 Å². The second-order valence-corrected chi connectivity index (χ2v) is 5.91. The van der Waals surface area contributed by atoms with Crippen LogP contribution in [0.3, 0.4) is 0 Å². The lowest BCUT2D eigenvalue weighted by molar-refractivity contribution is 0.408. The van der Waals surface area contributed by atoms with Crippen molar-refractivity contribution >= 4 is 11.1 Å². The summed E-state index contributed by atoms with van der Waals surface area (Å²) in [7, 11) is 0. The van der Waals surface area contributed by atoms with Crippen molar-refractivity contribution in [3.05, 3.63) is 23.6 Å². The first-order chi connectivity index (χ1) is 8.94. The quantitative estimate of drug-likeness (QED) is 0.793. The van der Waals surface area contributed by atoms with E-state index in [1.807, 2.05) is 13.0 Å². The molecule has 1 heterocycles. The van der Waals surface area contributed by atoms with Crippen LogP contribution in [-0.4, -0.2) is 10.1 Å². The summed E-state index contributed by atoms with van der Waals surface area (Å²) in [6.07, 6.45) is 4.68. The van der Waals surface area contributed by atoms with Crippen molar-refractivity contribution in [2.45, 2.75) is 58.8 Å². The Balaban J connectivity index is 2.34. The molecule has 1 N–H and O–H groups in total. The lowest BCUT2D eigenvalue weighted by atomic mass is 9.79. The summed E-state index contributed by atoms with van der Waals surface area (Å²) in [5, 5.41) is 10.2. The first-order valence-electron chi connectivity index (χ1n) is 7.04. The van der Waals surface area contributed by atoms with Gasteiger partial charge in [0.2, 0.25) is 0 Å². The molecule has 0 atom stereocenters. The average Bonchev–Trinajstić information content (AvgIpc) is 2.67.